The van der Waals surface area contributed by atoms with Crippen molar-refractivity contribution in [3.63, 3.8) is 0 Å². The summed E-state index contributed by atoms with van der Waals surface area (Å²) in [5, 5.41) is 8.63. The van der Waals surface area contributed by atoms with Crippen LogP contribution in [0.2, 0.25) is 5.28 Å². The standard InChI is InChI=1S/C11H19ClN6O/c1-5-13-9-15-8(12)16-10(17-9)14-6-7(19)18-11(2,3)4/h5-6H2,1-4H3,(H,18,19)(H2,13,14,15,16,17). The maximum atomic E-state index is 11.6. The van der Waals surface area contributed by atoms with E-state index < -0.39 is 0 Å². The Labute approximate surface area is 117 Å². The van der Waals surface area contributed by atoms with E-state index in [1.807, 2.05) is 27.7 Å². The molecule has 106 valence electrons. The summed E-state index contributed by atoms with van der Waals surface area (Å²) in [6, 6.07) is 0. The highest BCUT2D eigenvalue weighted by atomic mass is 35.5. The molecule has 0 saturated carbocycles. The molecule has 0 bridgehead atoms. The number of amides is 1. The van der Waals surface area contributed by atoms with Gasteiger partial charge in [-0.2, -0.15) is 15.0 Å². The van der Waals surface area contributed by atoms with E-state index in [9.17, 15) is 4.79 Å². The average Bonchev–Trinajstić information content (AvgIpc) is 2.24. The molecule has 7 nitrogen and oxygen atoms in total. The van der Waals surface area contributed by atoms with Gasteiger partial charge in [-0.1, -0.05) is 0 Å². The van der Waals surface area contributed by atoms with Crippen molar-refractivity contribution in [2.45, 2.75) is 33.2 Å². The highest BCUT2D eigenvalue weighted by molar-refractivity contribution is 6.28. The number of nitrogens with zero attached hydrogens (tertiary/aromatic N) is 3. The van der Waals surface area contributed by atoms with Crippen LogP contribution in [0.5, 0.6) is 0 Å². The molecule has 1 amide bonds. The van der Waals surface area contributed by atoms with Crippen LogP contribution in [0, 0.1) is 0 Å². The van der Waals surface area contributed by atoms with E-state index in [1.54, 1.807) is 0 Å². The number of halogens is 1. The summed E-state index contributed by atoms with van der Waals surface area (Å²) in [6.45, 7) is 8.39. The molecule has 1 heterocycles. The van der Waals surface area contributed by atoms with E-state index in [0.717, 1.165) is 0 Å². The van der Waals surface area contributed by atoms with Crippen molar-refractivity contribution >= 4 is 29.4 Å². The van der Waals surface area contributed by atoms with Crippen LogP contribution in [0.3, 0.4) is 0 Å². The third-order valence-electron chi connectivity index (χ3n) is 1.86. The zero-order valence-corrected chi connectivity index (χ0v) is 12.3. The number of anilines is 2. The molecule has 8 heteroatoms. The quantitative estimate of drug-likeness (QED) is 0.755. The van der Waals surface area contributed by atoms with Crippen molar-refractivity contribution in [3.8, 4) is 0 Å². The van der Waals surface area contributed by atoms with Gasteiger partial charge in [0.1, 0.15) is 0 Å². The van der Waals surface area contributed by atoms with Gasteiger partial charge in [-0.15, -0.1) is 0 Å². The number of carbonyl (C=O) groups is 1. The molecule has 1 aromatic rings. The molecule has 0 aliphatic rings. The molecule has 0 radical (unpaired) electrons. The lowest BCUT2D eigenvalue weighted by Crippen LogP contribution is -2.43. The maximum Gasteiger partial charge on any atom is 0.239 e. The van der Waals surface area contributed by atoms with Gasteiger partial charge in [-0.05, 0) is 39.3 Å². The maximum absolute atomic E-state index is 11.6. The lowest BCUT2D eigenvalue weighted by atomic mass is 10.1. The van der Waals surface area contributed by atoms with Crippen LogP contribution in [-0.2, 0) is 4.79 Å². The minimum Gasteiger partial charge on any atom is -0.354 e. The van der Waals surface area contributed by atoms with Gasteiger partial charge in [-0.25, -0.2) is 0 Å². The molecular formula is C11H19ClN6O. The molecule has 0 aromatic carbocycles. The third kappa shape index (κ3) is 6.19. The van der Waals surface area contributed by atoms with Crippen LogP contribution in [0.1, 0.15) is 27.7 Å². The van der Waals surface area contributed by atoms with Crippen LogP contribution >= 0.6 is 11.6 Å². The Kier molecular flexibility index (Phi) is 5.29. The summed E-state index contributed by atoms with van der Waals surface area (Å²) in [5.74, 6) is 0.496. The largest absolute Gasteiger partial charge is 0.354 e. The first kappa shape index (κ1) is 15.4. The van der Waals surface area contributed by atoms with E-state index in [1.165, 1.54) is 0 Å². The fourth-order valence-corrected chi connectivity index (χ4v) is 1.45. The van der Waals surface area contributed by atoms with Gasteiger partial charge < -0.3 is 16.0 Å². The van der Waals surface area contributed by atoms with Crippen LogP contribution in [-0.4, -0.2) is 39.5 Å². The highest BCUT2D eigenvalue weighted by Gasteiger charge is 2.14. The zero-order valence-electron chi connectivity index (χ0n) is 11.5. The zero-order chi connectivity index (χ0) is 14.5. The lowest BCUT2D eigenvalue weighted by molar-refractivity contribution is -0.120. The van der Waals surface area contributed by atoms with Gasteiger partial charge in [0.25, 0.3) is 0 Å². The van der Waals surface area contributed by atoms with Gasteiger partial charge in [0.05, 0.1) is 6.54 Å². The molecule has 0 fully saturated rings. The first-order valence-corrected chi connectivity index (χ1v) is 6.38. The molecular weight excluding hydrogens is 268 g/mol. The first-order valence-electron chi connectivity index (χ1n) is 6.00. The Morgan fingerprint density at radius 1 is 1.16 bits per heavy atom. The predicted octanol–water partition coefficient (Wildman–Crippen LogP) is 1.28. The normalized spacial score (nSPS) is 11.0. The first-order chi connectivity index (χ1) is 8.80. The van der Waals surface area contributed by atoms with Crippen LogP contribution in [0.15, 0.2) is 0 Å². The topological polar surface area (TPSA) is 91.8 Å². The molecule has 0 spiro atoms. The van der Waals surface area contributed by atoms with Gasteiger partial charge in [-0.3, -0.25) is 4.79 Å². The predicted molar refractivity (Wildman–Crippen MR) is 75.4 cm³/mol. The van der Waals surface area contributed by atoms with Gasteiger partial charge in [0, 0.05) is 12.1 Å². The Balaban J connectivity index is 2.60. The van der Waals surface area contributed by atoms with Crippen molar-refractivity contribution in [3.05, 3.63) is 5.28 Å². The summed E-state index contributed by atoms with van der Waals surface area (Å²) in [6.07, 6.45) is 0. The molecule has 19 heavy (non-hydrogen) atoms. The molecule has 0 aliphatic heterocycles. The van der Waals surface area contributed by atoms with E-state index in [-0.39, 0.29) is 29.2 Å². The van der Waals surface area contributed by atoms with Crippen LogP contribution in [0.4, 0.5) is 11.9 Å². The molecule has 0 unspecified atom stereocenters. The minimum atomic E-state index is -0.273. The number of aromatic nitrogens is 3. The molecule has 1 aromatic heterocycles. The summed E-state index contributed by atoms with van der Waals surface area (Å²) >= 11 is 5.76. The van der Waals surface area contributed by atoms with E-state index >= 15 is 0 Å². The van der Waals surface area contributed by atoms with E-state index in [2.05, 4.69) is 30.9 Å². The smallest absolute Gasteiger partial charge is 0.239 e. The van der Waals surface area contributed by atoms with Gasteiger partial charge in [0.2, 0.25) is 23.1 Å². The molecule has 1 rings (SSSR count). The number of nitrogens with one attached hydrogen (secondary N) is 3. The lowest BCUT2D eigenvalue weighted by Gasteiger charge is -2.20. The van der Waals surface area contributed by atoms with E-state index in [4.69, 9.17) is 11.6 Å². The van der Waals surface area contributed by atoms with Crippen LogP contribution in [0.25, 0.3) is 0 Å². The second-order valence-corrected chi connectivity index (χ2v) is 5.27. The summed E-state index contributed by atoms with van der Waals surface area (Å²) in [5.41, 5.74) is -0.273. The summed E-state index contributed by atoms with van der Waals surface area (Å²) < 4.78 is 0. The monoisotopic (exact) mass is 286 g/mol. The van der Waals surface area contributed by atoms with Crippen molar-refractivity contribution < 1.29 is 4.79 Å². The van der Waals surface area contributed by atoms with Crippen molar-refractivity contribution in [1.82, 2.24) is 20.3 Å². The second-order valence-electron chi connectivity index (χ2n) is 4.93. The minimum absolute atomic E-state index is 0.0726. The Hall–Kier alpha value is -1.63. The number of hydrogen-bond acceptors (Lipinski definition) is 6. The fourth-order valence-electron chi connectivity index (χ4n) is 1.29. The van der Waals surface area contributed by atoms with Crippen molar-refractivity contribution in [1.29, 1.82) is 0 Å². The number of rotatable bonds is 5. The molecule has 3 N–H and O–H groups in total. The summed E-state index contributed by atoms with van der Waals surface area (Å²) in [4.78, 5) is 23.5. The third-order valence-corrected chi connectivity index (χ3v) is 2.03. The molecule has 0 aliphatic carbocycles. The molecule has 0 atom stereocenters. The highest BCUT2D eigenvalue weighted by Crippen LogP contribution is 2.09. The Bertz CT molecular complexity index is 445. The van der Waals surface area contributed by atoms with E-state index in [0.29, 0.717) is 12.5 Å². The van der Waals surface area contributed by atoms with Crippen molar-refractivity contribution in [2.75, 3.05) is 23.7 Å². The molecule has 0 saturated heterocycles. The Morgan fingerprint density at radius 2 is 1.74 bits per heavy atom. The average molecular weight is 287 g/mol. The number of hydrogen-bond donors (Lipinski definition) is 3. The fraction of sp³-hybridized carbons (Fsp3) is 0.636. The summed E-state index contributed by atoms with van der Waals surface area (Å²) in [7, 11) is 0. The van der Waals surface area contributed by atoms with Crippen molar-refractivity contribution in [2.24, 2.45) is 0 Å². The van der Waals surface area contributed by atoms with Gasteiger partial charge >= 0.3 is 0 Å². The second kappa shape index (κ2) is 6.51. The Morgan fingerprint density at radius 3 is 2.26 bits per heavy atom. The SMILES string of the molecule is CCNc1nc(Cl)nc(NCC(=O)NC(C)(C)C)n1. The van der Waals surface area contributed by atoms with Crippen LogP contribution < -0.4 is 16.0 Å². The van der Waals surface area contributed by atoms with Gasteiger partial charge in [0.15, 0.2) is 0 Å². The number of carbonyl (C=O) groups excluding carboxylic acids is 1.